The zero-order valence-electron chi connectivity index (χ0n) is 24.0. The van der Waals surface area contributed by atoms with Gasteiger partial charge in [-0.15, -0.1) is 0 Å². The summed E-state index contributed by atoms with van der Waals surface area (Å²) < 4.78 is 37.7. The van der Waals surface area contributed by atoms with Gasteiger partial charge in [-0.05, 0) is 70.4 Å². The van der Waals surface area contributed by atoms with Gasteiger partial charge < -0.3 is 24.5 Å². The predicted molar refractivity (Wildman–Crippen MR) is 153 cm³/mol. The van der Waals surface area contributed by atoms with Crippen LogP contribution in [0.2, 0.25) is 25.7 Å². The van der Waals surface area contributed by atoms with Crippen LogP contribution in [0.25, 0.3) is 0 Å². The van der Waals surface area contributed by atoms with E-state index in [1.165, 1.54) is 6.07 Å². The fourth-order valence-electron chi connectivity index (χ4n) is 4.80. The Morgan fingerprint density at radius 2 is 1.85 bits per heavy atom. The number of amides is 2. The molecular weight excluding hydrogens is 540 g/mol. The molecule has 3 atom stereocenters. The van der Waals surface area contributed by atoms with Crippen LogP contribution in [0.3, 0.4) is 0 Å². The number of primary amides is 1. The van der Waals surface area contributed by atoms with Gasteiger partial charge in [0, 0.05) is 26.2 Å². The maximum Gasteiger partial charge on any atom is 0.494 e. The molecule has 2 aliphatic heterocycles. The SMILES string of the molecule is CC1(C)OB(c2ccc(F)c([C@@]3(C)N=C(OC(=O)NCOCC[Si](C)(C)C)S[C@@]4(C(N)=O)C[C@H]43)c2)OC1(C)C. The number of benzene rings is 1. The molecule has 1 aromatic carbocycles. The molecule has 1 saturated heterocycles. The fraction of sp³-hybridized carbons (Fsp3) is 0.654. The van der Waals surface area contributed by atoms with Crippen LogP contribution in [0.15, 0.2) is 23.2 Å². The van der Waals surface area contributed by atoms with Crippen LogP contribution >= 0.6 is 11.8 Å². The number of aliphatic imine (C=N–C) groups is 1. The third kappa shape index (κ3) is 5.92. The highest BCUT2D eigenvalue weighted by Gasteiger charge is 2.71. The minimum Gasteiger partial charge on any atom is -0.399 e. The Labute approximate surface area is 235 Å². The zero-order valence-corrected chi connectivity index (χ0v) is 25.8. The number of thioether (sulfide) groups is 1. The summed E-state index contributed by atoms with van der Waals surface area (Å²) in [7, 11) is -1.96. The van der Waals surface area contributed by atoms with Gasteiger partial charge in [-0.2, -0.15) is 0 Å². The van der Waals surface area contributed by atoms with Crippen molar-refractivity contribution in [2.45, 2.75) is 88.2 Å². The topological polar surface area (TPSA) is 121 Å². The number of rotatable bonds is 8. The number of alkyl carbamates (subject to hydrolysis) is 1. The van der Waals surface area contributed by atoms with Crippen molar-refractivity contribution in [2.75, 3.05) is 13.3 Å². The number of ether oxygens (including phenoxy) is 2. The largest absolute Gasteiger partial charge is 0.494 e. The zero-order chi connectivity index (χ0) is 29.0. The predicted octanol–water partition coefficient (Wildman–Crippen LogP) is 3.73. The summed E-state index contributed by atoms with van der Waals surface area (Å²) in [6, 6.07) is 5.58. The second-order valence-electron chi connectivity index (χ2n) is 12.9. The minimum absolute atomic E-state index is 0.0210. The average Bonchev–Trinajstić information content (AvgIpc) is 3.50. The van der Waals surface area contributed by atoms with Crippen molar-refractivity contribution in [1.82, 2.24) is 5.32 Å². The van der Waals surface area contributed by atoms with Gasteiger partial charge in [-0.1, -0.05) is 31.8 Å². The first kappa shape index (κ1) is 30.0. The normalized spacial score (nSPS) is 28.9. The molecule has 9 nitrogen and oxygen atoms in total. The van der Waals surface area contributed by atoms with Crippen LogP contribution in [0.4, 0.5) is 9.18 Å². The van der Waals surface area contributed by atoms with Gasteiger partial charge in [-0.3, -0.25) is 10.1 Å². The van der Waals surface area contributed by atoms with E-state index in [4.69, 9.17) is 24.5 Å². The molecule has 0 aromatic heterocycles. The summed E-state index contributed by atoms with van der Waals surface area (Å²) >= 11 is 1.01. The summed E-state index contributed by atoms with van der Waals surface area (Å²) in [4.78, 5) is 29.7. The highest BCUT2D eigenvalue weighted by molar-refractivity contribution is 8.15. The van der Waals surface area contributed by atoms with Crippen molar-refractivity contribution in [3.8, 4) is 0 Å². The van der Waals surface area contributed by atoms with Crippen molar-refractivity contribution in [2.24, 2.45) is 16.6 Å². The van der Waals surface area contributed by atoms with Gasteiger partial charge in [0.25, 0.3) is 5.23 Å². The lowest BCUT2D eigenvalue weighted by molar-refractivity contribution is -0.118. The molecule has 13 heteroatoms. The molecule has 4 rings (SSSR count). The third-order valence-electron chi connectivity index (χ3n) is 8.15. The van der Waals surface area contributed by atoms with Crippen molar-refractivity contribution in [3.63, 3.8) is 0 Å². The number of carbonyl (C=O) groups excluding carboxylic acids is 2. The second-order valence-corrected chi connectivity index (χ2v) is 19.8. The molecule has 3 N–H and O–H groups in total. The average molecular weight is 580 g/mol. The lowest BCUT2D eigenvalue weighted by Gasteiger charge is -2.33. The van der Waals surface area contributed by atoms with Crippen LogP contribution < -0.4 is 16.5 Å². The van der Waals surface area contributed by atoms with E-state index in [0.29, 0.717) is 18.5 Å². The molecule has 39 heavy (non-hydrogen) atoms. The van der Waals surface area contributed by atoms with E-state index in [-0.39, 0.29) is 23.4 Å². The van der Waals surface area contributed by atoms with E-state index in [2.05, 4.69) is 30.0 Å². The highest BCUT2D eigenvalue weighted by atomic mass is 32.2. The van der Waals surface area contributed by atoms with Crippen LogP contribution in [0.1, 0.15) is 46.6 Å². The molecule has 0 unspecified atom stereocenters. The molecule has 1 aliphatic carbocycles. The van der Waals surface area contributed by atoms with Gasteiger partial charge >= 0.3 is 13.2 Å². The van der Waals surface area contributed by atoms with Crippen LogP contribution in [-0.2, 0) is 29.1 Å². The Balaban J connectivity index is 1.56. The minimum atomic E-state index is -1.25. The van der Waals surface area contributed by atoms with Gasteiger partial charge in [0.1, 0.15) is 17.3 Å². The smallest absolute Gasteiger partial charge is 0.399 e. The number of nitrogens with zero attached hydrogens (tertiary/aromatic N) is 1. The van der Waals surface area contributed by atoms with Crippen molar-refractivity contribution in [1.29, 1.82) is 0 Å². The summed E-state index contributed by atoms with van der Waals surface area (Å²) in [5.74, 6) is -1.44. The Morgan fingerprint density at radius 1 is 1.21 bits per heavy atom. The van der Waals surface area contributed by atoms with Crippen LogP contribution in [0, 0.1) is 11.7 Å². The Kier molecular flexibility index (Phi) is 7.83. The van der Waals surface area contributed by atoms with E-state index in [1.54, 1.807) is 19.1 Å². The maximum absolute atomic E-state index is 15.4. The lowest BCUT2D eigenvalue weighted by atomic mass is 9.75. The first-order valence-corrected chi connectivity index (χ1v) is 17.7. The van der Waals surface area contributed by atoms with E-state index >= 15 is 4.39 Å². The molecular formula is C26H39BFN3O6SSi. The molecule has 0 bridgehead atoms. The van der Waals surface area contributed by atoms with Crippen molar-refractivity contribution in [3.05, 3.63) is 29.6 Å². The van der Waals surface area contributed by atoms with Gasteiger partial charge in [-0.25, -0.2) is 14.2 Å². The molecule has 0 radical (unpaired) electrons. The molecule has 3 aliphatic rings. The van der Waals surface area contributed by atoms with Crippen molar-refractivity contribution >= 4 is 49.6 Å². The Bertz CT molecular complexity index is 1180. The molecule has 1 saturated carbocycles. The van der Waals surface area contributed by atoms with Gasteiger partial charge in [0.05, 0.1) is 16.7 Å². The number of halogens is 1. The molecule has 1 aromatic rings. The van der Waals surface area contributed by atoms with Crippen molar-refractivity contribution < 1.29 is 32.8 Å². The molecule has 0 spiro atoms. The summed E-state index contributed by atoms with van der Waals surface area (Å²) in [6.45, 7) is 16.7. The number of fused-ring (bicyclic) bond motifs is 1. The van der Waals surface area contributed by atoms with Gasteiger partial charge in [0.15, 0.2) is 0 Å². The summed E-state index contributed by atoms with van der Waals surface area (Å²) in [6.07, 6.45) is -0.400. The molecule has 214 valence electrons. The molecule has 2 heterocycles. The van der Waals surface area contributed by atoms with E-state index < -0.39 is 54.5 Å². The number of nitrogens with two attached hydrogens (primary N) is 1. The van der Waals surface area contributed by atoms with Gasteiger partial charge in [0.2, 0.25) is 5.91 Å². The first-order valence-electron chi connectivity index (χ1n) is 13.2. The Hall–Kier alpha value is -1.93. The monoisotopic (exact) mass is 579 g/mol. The Morgan fingerprint density at radius 3 is 2.44 bits per heavy atom. The lowest BCUT2D eigenvalue weighted by Crippen LogP contribution is -2.43. The first-order chi connectivity index (χ1) is 17.9. The third-order valence-corrected chi connectivity index (χ3v) is 11.2. The summed E-state index contributed by atoms with van der Waals surface area (Å²) in [5.41, 5.74) is 4.31. The van der Waals surface area contributed by atoms with E-state index in [0.717, 1.165) is 17.8 Å². The quantitative estimate of drug-likeness (QED) is 0.274. The number of carbonyl (C=O) groups is 2. The standard InChI is InChI=1S/C26H39BFN3O6SSi/c1-23(2)24(3,4)37-27(36-23)16-9-10-18(28)17(13-16)25(5)19-14-26(19,20(29)32)38-22(31-25)35-21(33)30-15-34-11-12-39(6,7)8/h9-10,13,19H,11-12,14-15H2,1-8H3,(H2,29,32)(H,30,33)/t19-,25+,26-/m0/s1. The van der Waals surface area contributed by atoms with E-state index in [9.17, 15) is 9.59 Å². The fourth-order valence-corrected chi connectivity index (χ4v) is 6.95. The maximum atomic E-state index is 15.4. The number of hydrogen-bond donors (Lipinski definition) is 2. The number of nitrogens with one attached hydrogen (secondary N) is 1. The van der Waals surface area contributed by atoms with Crippen LogP contribution in [0.5, 0.6) is 0 Å². The van der Waals surface area contributed by atoms with E-state index in [1.807, 2.05) is 27.7 Å². The second kappa shape index (κ2) is 10.2. The highest BCUT2D eigenvalue weighted by Crippen LogP contribution is 2.66. The van der Waals surface area contributed by atoms with Crippen LogP contribution in [-0.4, -0.2) is 61.7 Å². The number of hydrogen-bond acceptors (Lipinski definition) is 8. The molecule has 2 amide bonds. The summed E-state index contributed by atoms with van der Waals surface area (Å²) in [5, 5.41) is 2.49. The molecule has 2 fully saturated rings.